The summed E-state index contributed by atoms with van der Waals surface area (Å²) in [7, 11) is 0. The lowest BCUT2D eigenvalue weighted by Crippen LogP contribution is -2.33. The van der Waals surface area contributed by atoms with E-state index in [0.29, 0.717) is 0 Å². The van der Waals surface area contributed by atoms with Gasteiger partial charge in [0.25, 0.3) is 0 Å². The van der Waals surface area contributed by atoms with Crippen molar-refractivity contribution in [3.63, 3.8) is 0 Å². The van der Waals surface area contributed by atoms with Gasteiger partial charge in [-0.05, 0) is 50.3 Å². The molecule has 1 saturated carbocycles. The third-order valence-corrected chi connectivity index (χ3v) is 3.62. The summed E-state index contributed by atoms with van der Waals surface area (Å²) in [6.45, 7) is 3.96. The van der Waals surface area contributed by atoms with E-state index in [9.17, 15) is 9.90 Å². The van der Waals surface area contributed by atoms with Crippen molar-refractivity contribution in [1.29, 1.82) is 0 Å². The van der Waals surface area contributed by atoms with Crippen LogP contribution in [0.15, 0.2) is 17.1 Å². The third-order valence-electron chi connectivity index (χ3n) is 3.62. The SMILES string of the molecule is Cc1ccc(O)c(C2(N=C=O)CCC2)c1C. The molecule has 16 heavy (non-hydrogen) atoms. The van der Waals surface area contributed by atoms with Crippen LogP contribution in [0.2, 0.25) is 0 Å². The number of phenolic OH excluding ortho intramolecular Hbond substituents is 1. The number of aromatic hydroxyl groups is 1. The number of benzene rings is 1. The Morgan fingerprint density at radius 3 is 2.56 bits per heavy atom. The lowest BCUT2D eigenvalue weighted by molar-refractivity contribution is 0.246. The Hall–Kier alpha value is -1.60. The second-order valence-corrected chi connectivity index (χ2v) is 4.49. The molecule has 1 aliphatic rings. The van der Waals surface area contributed by atoms with Crippen molar-refractivity contribution in [1.82, 2.24) is 0 Å². The van der Waals surface area contributed by atoms with E-state index in [-0.39, 0.29) is 5.75 Å². The highest BCUT2D eigenvalue weighted by Gasteiger charge is 2.42. The highest BCUT2D eigenvalue weighted by Crippen LogP contribution is 2.49. The third kappa shape index (κ3) is 1.44. The lowest BCUT2D eigenvalue weighted by atomic mass is 9.70. The Morgan fingerprint density at radius 1 is 1.38 bits per heavy atom. The van der Waals surface area contributed by atoms with Crippen LogP contribution in [0, 0.1) is 13.8 Å². The molecule has 0 atom stereocenters. The van der Waals surface area contributed by atoms with Crippen molar-refractivity contribution in [2.24, 2.45) is 4.99 Å². The Kier molecular flexibility index (Phi) is 2.56. The summed E-state index contributed by atoms with van der Waals surface area (Å²) in [5.41, 5.74) is 2.43. The number of carbonyl (C=O) groups excluding carboxylic acids is 1. The quantitative estimate of drug-likeness (QED) is 0.611. The fourth-order valence-corrected chi connectivity index (χ4v) is 2.41. The van der Waals surface area contributed by atoms with Crippen molar-refractivity contribution in [2.75, 3.05) is 0 Å². The smallest absolute Gasteiger partial charge is 0.235 e. The number of nitrogens with zero attached hydrogens (tertiary/aromatic N) is 1. The van der Waals surface area contributed by atoms with Crippen molar-refractivity contribution in [3.8, 4) is 5.75 Å². The average molecular weight is 217 g/mol. The van der Waals surface area contributed by atoms with Gasteiger partial charge in [-0.1, -0.05) is 6.07 Å². The molecule has 1 fully saturated rings. The first-order valence-corrected chi connectivity index (χ1v) is 5.49. The van der Waals surface area contributed by atoms with Crippen molar-refractivity contribution in [2.45, 2.75) is 38.6 Å². The molecule has 3 heteroatoms. The molecule has 84 valence electrons. The van der Waals surface area contributed by atoms with Gasteiger partial charge < -0.3 is 5.11 Å². The highest BCUT2D eigenvalue weighted by molar-refractivity contribution is 5.51. The van der Waals surface area contributed by atoms with E-state index < -0.39 is 5.54 Å². The summed E-state index contributed by atoms with van der Waals surface area (Å²) in [4.78, 5) is 14.4. The summed E-state index contributed by atoms with van der Waals surface area (Å²) in [5, 5.41) is 9.95. The maximum Gasteiger partial charge on any atom is 0.235 e. The van der Waals surface area contributed by atoms with Gasteiger partial charge in [0.05, 0.1) is 0 Å². The van der Waals surface area contributed by atoms with E-state index in [2.05, 4.69) is 4.99 Å². The summed E-state index contributed by atoms with van der Waals surface area (Å²) >= 11 is 0. The van der Waals surface area contributed by atoms with Gasteiger partial charge in [0.1, 0.15) is 11.3 Å². The van der Waals surface area contributed by atoms with Gasteiger partial charge in [-0.3, -0.25) is 0 Å². The van der Waals surface area contributed by atoms with Crippen LogP contribution in [-0.2, 0) is 10.3 Å². The topological polar surface area (TPSA) is 49.7 Å². The zero-order valence-electron chi connectivity index (χ0n) is 9.58. The molecule has 0 heterocycles. The molecule has 0 aromatic heterocycles. The molecule has 1 aromatic carbocycles. The van der Waals surface area contributed by atoms with E-state index >= 15 is 0 Å². The van der Waals surface area contributed by atoms with Crippen molar-refractivity contribution < 1.29 is 9.90 Å². The van der Waals surface area contributed by atoms with Crippen LogP contribution in [0.3, 0.4) is 0 Å². The highest BCUT2D eigenvalue weighted by atomic mass is 16.3. The second-order valence-electron chi connectivity index (χ2n) is 4.49. The fourth-order valence-electron chi connectivity index (χ4n) is 2.41. The van der Waals surface area contributed by atoms with Crippen LogP contribution >= 0.6 is 0 Å². The predicted octanol–water partition coefficient (Wildman–Crippen LogP) is 2.72. The minimum Gasteiger partial charge on any atom is -0.508 e. The molecule has 0 aliphatic heterocycles. The van der Waals surface area contributed by atoms with Gasteiger partial charge >= 0.3 is 0 Å². The molecule has 1 N–H and O–H groups in total. The van der Waals surface area contributed by atoms with Gasteiger partial charge in [-0.25, -0.2) is 4.79 Å². The number of phenols is 1. The first-order chi connectivity index (χ1) is 7.60. The molecule has 2 rings (SSSR count). The van der Waals surface area contributed by atoms with Gasteiger partial charge in [0.15, 0.2) is 0 Å². The molecular weight excluding hydrogens is 202 g/mol. The van der Waals surface area contributed by atoms with Crippen LogP contribution < -0.4 is 0 Å². The minimum atomic E-state index is -0.512. The van der Waals surface area contributed by atoms with Gasteiger partial charge in [0.2, 0.25) is 6.08 Å². The van der Waals surface area contributed by atoms with Crippen LogP contribution in [0.4, 0.5) is 0 Å². The summed E-state index contributed by atoms with van der Waals surface area (Å²) in [5.74, 6) is 0.238. The maximum absolute atomic E-state index is 10.5. The van der Waals surface area contributed by atoms with E-state index in [0.717, 1.165) is 36.0 Å². The zero-order chi connectivity index (χ0) is 11.8. The fraction of sp³-hybridized carbons (Fsp3) is 0.462. The first-order valence-electron chi connectivity index (χ1n) is 5.49. The van der Waals surface area contributed by atoms with Crippen LogP contribution in [0.5, 0.6) is 5.75 Å². The number of aryl methyl sites for hydroxylation is 1. The molecule has 1 aliphatic carbocycles. The molecule has 0 unspecified atom stereocenters. The monoisotopic (exact) mass is 217 g/mol. The number of hydrogen-bond donors (Lipinski definition) is 1. The molecule has 0 spiro atoms. The standard InChI is InChI=1S/C13H15NO2/c1-9-4-5-11(16)12(10(9)2)13(14-8-15)6-3-7-13/h4-5,16H,3,6-7H2,1-2H3. The van der Waals surface area contributed by atoms with Crippen LogP contribution in [-0.4, -0.2) is 11.2 Å². The van der Waals surface area contributed by atoms with Crippen LogP contribution in [0.25, 0.3) is 0 Å². The van der Waals surface area contributed by atoms with Crippen LogP contribution in [0.1, 0.15) is 36.0 Å². The first kappa shape index (κ1) is 10.9. The Bertz CT molecular complexity index is 469. The summed E-state index contributed by atoms with van der Waals surface area (Å²) < 4.78 is 0. The normalized spacial score (nSPS) is 17.4. The maximum atomic E-state index is 10.5. The van der Waals surface area contributed by atoms with Gasteiger partial charge in [-0.15, -0.1) is 0 Å². The molecule has 0 saturated heterocycles. The van der Waals surface area contributed by atoms with Gasteiger partial charge in [-0.2, -0.15) is 4.99 Å². The largest absolute Gasteiger partial charge is 0.508 e. The van der Waals surface area contributed by atoms with E-state index in [4.69, 9.17) is 0 Å². The lowest BCUT2D eigenvalue weighted by Gasteiger charge is -2.38. The Balaban J connectivity index is 2.62. The second kappa shape index (κ2) is 3.76. The summed E-state index contributed by atoms with van der Waals surface area (Å²) in [6, 6.07) is 3.56. The van der Waals surface area contributed by atoms with Gasteiger partial charge in [0, 0.05) is 5.56 Å². The van der Waals surface area contributed by atoms with E-state index in [1.54, 1.807) is 12.1 Å². The number of hydrogen-bond acceptors (Lipinski definition) is 3. The molecule has 3 nitrogen and oxygen atoms in total. The molecular formula is C13H15NO2. The number of aliphatic imine (C=N–C) groups is 1. The number of rotatable bonds is 2. The Labute approximate surface area is 94.8 Å². The summed E-state index contributed by atoms with van der Waals surface area (Å²) in [6.07, 6.45) is 4.33. The molecule has 0 bridgehead atoms. The Morgan fingerprint density at radius 2 is 2.06 bits per heavy atom. The zero-order valence-corrected chi connectivity index (χ0v) is 9.58. The van der Waals surface area contributed by atoms with E-state index in [1.807, 2.05) is 19.9 Å². The number of isocyanates is 1. The molecule has 0 radical (unpaired) electrons. The minimum absolute atomic E-state index is 0.238. The van der Waals surface area contributed by atoms with Crippen molar-refractivity contribution in [3.05, 3.63) is 28.8 Å². The van der Waals surface area contributed by atoms with E-state index in [1.165, 1.54) is 0 Å². The molecule has 0 amide bonds. The molecule has 1 aromatic rings. The predicted molar refractivity (Wildman–Crippen MR) is 61.2 cm³/mol. The van der Waals surface area contributed by atoms with Crippen molar-refractivity contribution >= 4 is 6.08 Å². The average Bonchev–Trinajstić information content (AvgIpc) is 2.20.